The molecule has 1 rings (SSSR count). The summed E-state index contributed by atoms with van der Waals surface area (Å²) in [6.07, 6.45) is 8.76. The van der Waals surface area contributed by atoms with Crippen molar-refractivity contribution in [1.29, 1.82) is 0 Å². The lowest BCUT2D eigenvalue weighted by atomic mass is 10.1. The number of rotatable bonds is 5. The van der Waals surface area contributed by atoms with Gasteiger partial charge in [-0.25, -0.2) is 4.39 Å². The molecule has 0 aliphatic rings. The molecule has 1 nitrogen and oxygen atoms in total. The molecular formula is C13H18FN. The standard InChI is InChI=1S/C13H18FN/c1-2-3-4-5-6-7-11-8-9-13(15)12(14)10-11/h6-10H,2-5,15H2,1H3/b7-6+. The summed E-state index contributed by atoms with van der Waals surface area (Å²) in [5, 5.41) is 0. The van der Waals surface area contributed by atoms with E-state index in [2.05, 4.69) is 13.0 Å². The first kappa shape index (κ1) is 11.8. The molecule has 0 radical (unpaired) electrons. The molecule has 0 saturated carbocycles. The van der Waals surface area contributed by atoms with Crippen molar-refractivity contribution in [3.05, 3.63) is 35.7 Å². The van der Waals surface area contributed by atoms with E-state index in [0.29, 0.717) is 0 Å². The highest BCUT2D eigenvalue weighted by atomic mass is 19.1. The summed E-state index contributed by atoms with van der Waals surface area (Å²) in [4.78, 5) is 0. The number of nitrogen functional groups attached to an aromatic ring is 1. The topological polar surface area (TPSA) is 26.0 Å². The Labute approximate surface area is 90.8 Å². The lowest BCUT2D eigenvalue weighted by Crippen LogP contribution is -1.89. The van der Waals surface area contributed by atoms with Crippen LogP contribution >= 0.6 is 0 Å². The van der Waals surface area contributed by atoms with Crippen LogP contribution in [-0.4, -0.2) is 0 Å². The van der Waals surface area contributed by atoms with Gasteiger partial charge in [0.2, 0.25) is 0 Å². The number of nitrogens with two attached hydrogens (primary N) is 1. The quantitative estimate of drug-likeness (QED) is 0.573. The zero-order valence-corrected chi connectivity index (χ0v) is 9.17. The third-order valence-electron chi connectivity index (χ3n) is 2.31. The van der Waals surface area contributed by atoms with Gasteiger partial charge in [-0.15, -0.1) is 0 Å². The first-order chi connectivity index (χ1) is 7.24. The number of hydrogen-bond donors (Lipinski definition) is 1. The van der Waals surface area contributed by atoms with Gasteiger partial charge in [-0.3, -0.25) is 0 Å². The molecule has 1 aromatic carbocycles. The van der Waals surface area contributed by atoms with Crippen molar-refractivity contribution in [3.8, 4) is 0 Å². The first-order valence-corrected chi connectivity index (χ1v) is 5.45. The van der Waals surface area contributed by atoms with Crippen molar-refractivity contribution in [1.82, 2.24) is 0 Å². The summed E-state index contributed by atoms with van der Waals surface area (Å²) in [6, 6.07) is 4.89. The Balaban J connectivity index is 2.46. The average Bonchev–Trinajstić information content (AvgIpc) is 2.23. The van der Waals surface area contributed by atoms with Gasteiger partial charge in [-0.05, 0) is 30.5 Å². The van der Waals surface area contributed by atoms with Crippen molar-refractivity contribution < 1.29 is 4.39 Å². The van der Waals surface area contributed by atoms with Gasteiger partial charge in [0, 0.05) is 0 Å². The van der Waals surface area contributed by atoms with Crippen LogP contribution in [0.4, 0.5) is 10.1 Å². The van der Waals surface area contributed by atoms with Gasteiger partial charge in [-0.2, -0.15) is 0 Å². The Kier molecular flexibility index (Phi) is 4.88. The summed E-state index contributed by atoms with van der Waals surface area (Å²) < 4.78 is 13.1. The Morgan fingerprint density at radius 1 is 1.33 bits per heavy atom. The molecular weight excluding hydrogens is 189 g/mol. The molecule has 15 heavy (non-hydrogen) atoms. The second kappa shape index (κ2) is 6.23. The molecule has 2 N–H and O–H groups in total. The maximum absolute atomic E-state index is 13.1. The van der Waals surface area contributed by atoms with Crippen molar-refractivity contribution in [3.63, 3.8) is 0 Å². The van der Waals surface area contributed by atoms with E-state index in [0.717, 1.165) is 12.0 Å². The molecule has 1 aromatic rings. The molecule has 0 aliphatic heterocycles. The number of anilines is 1. The predicted molar refractivity (Wildman–Crippen MR) is 64.0 cm³/mol. The third kappa shape index (κ3) is 4.15. The van der Waals surface area contributed by atoms with Gasteiger partial charge in [0.1, 0.15) is 5.82 Å². The predicted octanol–water partition coefficient (Wildman–Crippen LogP) is 4.00. The number of benzene rings is 1. The minimum absolute atomic E-state index is 0.207. The molecule has 0 heterocycles. The Hall–Kier alpha value is -1.31. The summed E-state index contributed by atoms with van der Waals surface area (Å²) in [7, 11) is 0. The van der Waals surface area contributed by atoms with Crippen LogP contribution in [0.5, 0.6) is 0 Å². The number of allylic oxidation sites excluding steroid dienone is 1. The fourth-order valence-electron chi connectivity index (χ4n) is 1.38. The van der Waals surface area contributed by atoms with Crippen LogP contribution in [-0.2, 0) is 0 Å². The van der Waals surface area contributed by atoms with Crippen LogP contribution in [0, 0.1) is 5.82 Å². The highest BCUT2D eigenvalue weighted by Crippen LogP contribution is 2.13. The van der Waals surface area contributed by atoms with Crippen LogP contribution in [0.2, 0.25) is 0 Å². The monoisotopic (exact) mass is 207 g/mol. The van der Waals surface area contributed by atoms with Gasteiger partial charge in [0.15, 0.2) is 0 Å². The molecule has 0 amide bonds. The zero-order chi connectivity index (χ0) is 11.1. The maximum Gasteiger partial charge on any atom is 0.146 e. The molecule has 82 valence electrons. The molecule has 0 unspecified atom stereocenters. The zero-order valence-electron chi connectivity index (χ0n) is 9.17. The number of unbranched alkanes of at least 4 members (excludes halogenated alkanes) is 3. The van der Waals surface area contributed by atoms with Crippen molar-refractivity contribution in [2.45, 2.75) is 32.6 Å². The molecule has 2 heteroatoms. The van der Waals surface area contributed by atoms with Crippen LogP contribution in [0.3, 0.4) is 0 Å². The minimum Gasteiger partial charge on any atom is -0.396 e. The fraction of sp³-hybridized carbons (Fsp3) is 0.385. The Morgan fingerprint density at radius 3 is 2.80 bits per heavy atom. The van der Waals surface area contributed by atoms with Crippen LogP contribution in [0.15, 0.2) is 24.3 Å². The molecule has 0 atom stereocenters. The maximum atomic E-state index is 13.1. The normalized spacial score (nSPS) is 11.1. The fourth-order valence-corrected chi connectivity index (χ4v) is 1.38. The summed E-state index contributed by atoms with van der Waals surface area (Å²) >= 11 is 0. The van der Waals surface area contributed by atoms with E-state index < -0.39 is 0 Å². The van der Waals surface area contributed by atoms with Gasteiger partial charge >= 0.3 is 0 Å². The Bertz CT molecular complexity index is 331. The van der Waals surface area contributed by atoms with E-state index in [9.17, 15) is 4.39 Å². The minimum atomic E-state index is -0.342. The Morgan fingerprint density at radius 2 is 2.13 bits per heavy atom. The van der Waals surface area contributed by atoms with Gasteiger partial charge < -0.3 is 5.73 Å². The molecule has 0 spiro atoms. The van der Waals surface area contributed by atoms with E-state index >= 15 is 0 Å². The lowest BCUT2D eigenvalue weighted by molar-refractivity contribution is 0.632. The smallest absolute Gasteiger partial charge is 0.146 e. The molecule has 0 aromatic heterocycles. The van der Waals surface area contributed by atoms with Crippen LogP contribution in [0.1, 0.15) is 38.2 Å². The van der Waals surface area contributed by atoms with E-state index in [-0.39, 0.29) is 11.5 Å². The lowest BCUT2D eigenvalue weighted by Gasteiger charge is -1.98. The van der Waals surface area contributed by atoms with Crippen LogP contribution in [0.25, 0.3) is 6.08 Å². The first-order valence-electron chi connectivity index (χ1n) is 5.45. The van der Waals surface area contributed by atoms with Gasteiger partial charge in [-0.1, -0.05) is 38.0 Å². The third-order valence-corrected chi connectivity index (χ3v) is 2.31. The van der Waals surface area contributed by atoms with Crippen LogP contribution < -0.4 is 5.73 Å². The second-order valence-corrected chi connectivity index (χ2v) is 3.68. The van der Waals surface area contributed by atoms with E-state index in [4.69, 9.17) is 5.73 Å². The number of halogens is 1. The summed E-state index contributed by atoms with van der Waals surface area (Å²) in [5.41, 5.74) is 6.46. The summed E-state index contributed by atoms with van der Waals surface area (Å²) in [5.74, 6) is -0.342. The average molecular weight is 207 g/mol. The highest BCUT2D eigenvalue weighted by molar-refractivity contribution is 5.54. The SMILES string of the molecule is CCCCC/C=C/c1ccc(N)c(F)c1. The van der Waals surface area contributed by atoms with Crippen molar-refractivity contribution >= 4 is 11.8 Å². The highest BCUT2D eigenvalue weighted by Gasteiger charge is 1.96. The molecule has 0 bridgehead atoms. The van der Waals surface area contributed by atoms with E-state index in [1.807, 2.05) is 12.1 Å². The number of hydrogen-bond acceptors (Lipinski definition) is 1. The summed E-state index contributed by atoms with van der Waals surface area (Å²) in [6.45, 7) is 2.18. The second-order valence-electron chi connectivity index (χ2n) is 3.68. The molecule has 0 saturated heterocycles. The van der Waals surface area contributed by atoms with Gasteiger partial charge in [0.25, 0.3) is 0 Å². The largest absolute Gasteiger partial charge is 0.396 e. The van der Waals surface area contributed by atoms with E-state index in [1.165, 1.54) is 25.3 Å². The van der Waals surface area contributed by atoms with Gasteiger partial charge in [0.05, 0.1) is 5.69 Å². The molecule has 0 aliphatic carbocycles. The molecule has 0 fully saturated rings. The van der Waals surface area contributed by atoms with Crippen molar-refractivity contribution in [2.75, 3.05) is 5.73 Å². The van der Waals surface area contributed by atoms with E-state index in [1.54, 1.807) is 6.07 Å². The van der Waals surface area contributed by atoms with Crippen molar-refractivity contribution in [2.24, 2.45) is 0 Å².